The van der Waals surface area contributed by atoms with Crippen molar-refractivity contribution in [3.8, 4) is 22.5 Å². The number of aromatic nitrogens is 7. The summed E-state index contributed by atoms with van der Waals surface area (Å²) >= 11 is 0. The Kier molecular flexibility index (Phi) is 7.67. The molecule has 184 valence electrons. The van der Waals surface area contributed by atoms with Crippen molar-refractivity contribution in [3.05, 3.63) is 65.7 Å². The Balaban J connectivity index is 1.59. The molecule has 0 bridgehead atoms. The summed E-state index contributed by atoms with van der Waals surface area (Å²) in [5.74, 6) is 2.01. The molecule has 0 aliphatic heterocycles. The summed E-state index contributed by atoms with van der Waals surface area (Å²) in [6.45, 7) is 12.1. The number of rotatable bonds is 10. The van der Waals surface area contributed by atoms with E-state index in [9.17, 15) is 0 Å². The number of H-pyrrole nitrogens is 1. The largest absolute Gasteiger partial charge is 0.343 e. The maximum Gasteiger partial charge on any atom is 0.221 e. The van der Waals surface area contributed by atoms with Crippen LogP contribution in [-0.2, 0) is 15.9 Å². The third kappa shape index (κ3) is 5.98. The van der Waals surface area contributed by atoms with Crippen LogP contribution in [0.15, 0.2) is 48.5 Å². The highest BCUT2D eigenvalue weighted by Crippen LogP contribution is 2.30. The van der Waals surface area contributed by atoms with Gasteiger partial charge in [0.1, 0.15) is 5.82 Å². The third-order valence-electron chi connectivity index (χ3n) is 5.35. The minimum absolute atomic E-state index is 0.00364. The fourth-order valence-electron chi connectivity index (χ4n) is 3.85. The lowest BCUT2D eigenvalue weighted by molar-refractivity contribution is -0.189. The predicted molar refractivity (Wildman–Crippen MR) is 133 cm³/mol. The molecule has 0 amide bonds. The van der Waals surface area contributed by atoms with Gasteiger partial charge in [0.15, 0.2) is 0 Å². The lowest BCUT2D eigenvalue weighted by Crippen LogP contribution is -2.19. The van der Waals surface area contributed by atoms with E-state index in [0.717, 1.165) is 28.1 Å². The van der Waals surface area contributed by atoms with E-state index in [1.54, 1.807) is 0 Å². The lowest BCUT2D eigenvalue weighted by atomic mass is 9.98. The van der Waals surface area contributed by atoms with Crippen molar-refractivity contribution < 1.29 is 9.47 Å². The molecule has 1 N–H and O–H groups in total. The van der Waals surface area contributed by atoms with E-state index in [-0.39, 0.29) is 18.2 Å². The SMILES string of the molecule is CC(C)OC(OC(C)C)c1nc(Cc2ccc(-c3ccccc3-c3nn[nH]n3)cc2)n(C(C)C)n1. The van der Waals surface area contributed by atoms with Gasteiger partial charge in [0.2, 0.25) is 17.9 Å². The molecule has 0 unspecified atom stereocenters. The second kappa shape index (κ2) is 10.9. The van der Waals surface area contributed by atoms with E-state index in [0.29, 0.717) is 18.1 Å². The number of nitrogens with zero attached hydrogens (tertiary/aromatic N) is 6. The summed E-state index contributed by atoms with van der Waals surface area (Å²) in [6.07, 6.45) is 0.0403. The maximum absolute atomic E-state index is 5.97. The van der Waals surface area contributed by atoms with Crippen LogP contribution < -0.4 is 0 Å². The molecule has 0 fully saturated rings. The summed E-state index contributed by atoms with van der Waals surface area (Å²) in [5.41, 5.74) is 4.20. The number of aromatic amines is 1. The monoisotopic (exact) mass is 475 g/mol. The fraction of sp³-hybridized carbons (Fsp3) is 0.423. The van der Waals surface area contributed by atoms with Crippen LogP contribution in [0.4, 0.5) is 0 Å². The maximum atomic E-state index is 5.97. The first-order valence-corrected chi connectivity index (χ1v) is 12.0. The smallest absolute Gasteiger partial charge is 0.221 e. The van der Waals surface area contributed by atoms with Crippen molar-refractivity contribution in [2.24, 2.45) is 0 Å². The van der Waals surface area contributed by atoms with Crippen LogP contribution in [0.2, 0.25) is 0 Å². The molecule has 0 aliphatic rings. The summed E-state index contributed by atoms with van der Waals surface area (Å²) in [5, 5.41) is 19.2. The Hall–Kier alpha value is -3.43. The summed E-state index contributed by atoms with van der Waals surface area (Å²) < 4.78 is 13.9. The third-order valence-corrected chi connectivity index (χ3v) is 5.35. The minimum Gasteiger partial charge on any atom is -0.343 e. The van der Waals surface area contributed by atoms with Crippen LogP contribution in [0.3, 0.4) is 0 Å². The highest BCUT2D eigenvalue weighted by molar-refractivity contribution is 5.80. The van der Waals surface area contributed by atoms with Crippen LogP contribution in [0, 0.1) is 0 Å². The molecule has 0 saturated heterocycles. The van der Waals surface area contributed by atoms with Gasteiger partial charge in [-0.3, -0.25) is 0 Å². The van der Waals surface area contributed by atoms with Crippen molar-refractivity contribution in [2.75, 3.05) is 0 Å². The second-order valence-corrected chi connectivity index (χ2v) is 9.28. The first kappa shape index (κ1) is 24.7. The van der Waals surface area contributed by atoms with E-state index in [4.69, 9.17) is 19.6 Å². The van der Waals surface area contributed by atoms with E-state index >= 15 is 0 Å². The summed E-state index contributed by atoms with van der Waals surface area (Å²) in [4.78, 5) is 4.84. The summed E-state index contributed by atoms with van der Waals surface area (Å²) in [7, 11) is 0. The van der Waals surface area contributed by atoms with Gasteiger partial charge in [-0.1, -0.05) is 48.5 Å². The van der Waals surface area contributed by atoms with Gasteiger partial charge in [0.05, 0.1) is 12.2 Å². The van der Waals surface area contributed by atoms with Gasteiger partial charge in [-0.05, 0) is 63.4 Å². The first-order chi connectivity index (χ1) is 16.8. The zero-order valence-corrected chi connectivity index (χ0v) is 21.1. The van der Waals surface area contributed by atoms with Crippen LogP contribution in [0.5, 0.6) is 0 Å². The Labute approximate surface area is 205 Å². The Morgan fingerprint density at radius 1 is 0.857 bits per heavy atom. The highest BCUT2D eigenvalue weighted by atomic mass is 16.7. The van der Waals surface area contributed by atoms with E-state index in [1.807, 2.05) is 50.6 Å². The molecule has 4 rings (SSSR count). The molecule has 0 radical (unpaired) electrons. The zero-order valence-electron chi connectivity index (χ0n) is 21.1. The first-order valence-electron chi connectivity index (χ1n) is 12.0. The molecular weight excluding hydrogens is 442 g/mol. The van der Waals surface area contributed by atoms with Crippen LogP contribution in [0.25, 0.3) is 22.5 Å². The van der Waals surface area contributed by atoms with Crippen LogP contribution in [0.1, 0.15) is 71.1 Å². The number of tetrazole rings is 1. The molecule has 9 heteroatoms. The van der Waals surface area contributed by atoms with E-state index in [1.165, 1.54) is 0 Å². The van der Waals surface area contributed by atoms with Gasteiger partial charge >= 0.3 is 0 Å². The molecule has 0 atom stereocenters. The average molecular weight is 476 g/mol. The molecule has 2 heterocycles. The number of nitrogens with one attached hydrogen (secondary N) is 1. The van der Waals surface area contributed by atoms with Crippen molar-refractivity contribution >= 4 is 0 Å². The van der Waals surface area contributed by atoms with Crippen molar-refractivity contribution in [1.82, 2.24) is 35.4 Å². The molecule has 0 aliphatic carbocycles. The van der Waals surface area contributed by atoms with Crippen LogP contribution in [-0.4, -0.2) is 47.6 Å². The summed E-state index contributed by atoms with van der Waals surface area (Å²) in [6, 6.07) is 16.7. The van der Waals surface area contributed by atoms with E-state index in [2.05, 4.69) is 64.8 Å². The van der Waals surface area contributed by atoms with E-state index < -0.39 is 6.29 Å². The number of hydrogen-bond donors (Lipinski definition) is 1. The molecule has 4 aromatic rings. The Bertz CT molecular complexity index is 1200. The van der Waals surface area contributed by atoms with Gasteiger partial charge in [0, 0.05) is 18.0 Å². The van der Waals surface area contributed by atoms with Crippen molar-refractivity contribution in [1.29, 1.82) is 0 Å². The molecule has 2 aromatic carbocycles. The average Bonchev–Trinajstić information content (AvgIpc) is 3.49. The van der Waals surface area contributed by atoms with Gasteiger partial charge in [-0.15, -0.1) is 10.2 Å². The molecular formula is C26H33N7O2. The normalized spacial score (nSPS) is 11.9. The molecule has 0 spiro atoms. The van der Waals surface area contributed by atoms with Crippen molar-refractivity contribution in [2.45, 2.75) is 72.5 Å². The molecule has 35 heavy (non-hydrogen) atoms. The van der Waals surface area contributed by atoms with Gasteiger partial charge < -0.3 is 9.47 Å². The Morgan fingerprint density at radius 2 is 1.51 bits per heavy atom. The molecule has 0 saturated carbocycles. The van der Waals surface area contributed by atoms with Gasteiger partial charge in [-0.2, -0.15) is 10.3 Å². The molecule has 9 nitrogen and oxygen atoms in total. The Morgan fingerprint density at radius 3 is 2.09 bits per heavy atom. The minimum atomic E-state index is -0.599. The van der Waals surface area contributed by atoms with Crippen LogP contribution >= 0.6 is 0 Å². The van der Waals surface area contributed by atoms with Gasteiger partial charge in [0.25, 0.3) is 0 Å². The number of hydrogen-bond acceptors (Lipinski definition) is 7. The topological polar surface area (TPSA) is 104 Å². The number of benzene rings is 2. The van der Waals surface area contributed by atoms with Crippen molar-refractivity contribution in [3.63, 3.8) is 0 Å². The molecule has 2 aromatic heterocycles. The standard InChI is InChI=1S/C26H33N7O2/c1-16(2)33-23(27-25(30-33)26(34-17(3)4)35-18(5)6)15-19-11-13-20(14-12-19)21-9-7-8-10-22(21)24-28-31-32-29-24/h7-14,16-18,26H,15H2,1-6H3,(H,28,29,31,32). The van der Waals surface area contributed by atoms with Gasteiger partial charge in [-0.25, -0.2) is 9.67 Å². The highest BCUT2D eigenvalue weighted by Gasteiger charge is 2.24. The fourth-order valence-corrected chi connectivity index (χ4v) is 3.85. The quantitative estimate of drug-likeness (QED) is 0.317. The lowest BCUT2D eigenvalue weighted by Gasteiger charge is -2.20. The second-order valence-electron chi connectivity index (χ2n) is 9.28. The predicted octanol–water partition coefficient (Wildman–Crippen LogP) is 5.15. The number of ether oxygens (including phenoxy) is 2. The zero-order chi connectivity index (χ0) is 24.9.